The van der Waals surface area contributed by atoms with Crippen molar-refractivity contribution in [3.63, 3.8) is 0 Å². The van der Waals surface area contributed by atoms with Gasteiger partial charge >= 0.3 is 0 Å². The first-order valence-corrected chi connectivity index (χ1v) is 10.1. The minimum atomic E-state index is -0.843. The van der Waals surface area contributed by atoms with E-state index in [0.29, 0.717) is 22.0 Å². The summed E-state index contributed by atoms with van der Waals surface area (Å²) in [5.74, 6) is -1.47. The van der Waals surface area contributed by atoms with Crippen LogP contribution in [-0.2, 0) is 9.59 Å². The lowest BCUT2D eigenvalue weighted by Crippen LogP contribution is -2.29. The second-order valence-corrected chi connectivity index (χ2v) is 7.75. The number of ketones is 1. The number of benzene rings is 3. The normalized spacial score (nSPS) is 17.8. The van der Waals surface area contributed by atoms with Gasteiger partial charge in [0.25, 0.3) is 11.7 Å². The van der Waals surface area contributed by atoms with Gasteiger partial charge in [-0.15, -0.1) is 0 Å². The lowest BCUT2D eigenvalue weighted by atomic mass is 9.95. The van der Waals surface area contributed by atoms with Crippen molar-refractivity contribution >= 4 is 46.3 Å². The van der Waals surface area contributed by atoms with Crippen LogP contribution < -0.4 is 9.64 Å². The van der Waals surface area contributed by atoms with Crippen molar-refractivity contribution in [2.24, 2.45) is 0 Å². The van der Waals surface area contributed by atoms with E-state index in [1.54, 1.807) is 60.7 Å². The van der Waals surface area contributed by atoms with Gasteiger partial charge in [0.1, 0.15) is 11.5 Å². The highest BCUT2D eigenvalue weighted by molar-refractivity contribution is 6.52. The summed E-state index contributed by atoms with van der Waals surface area (Å²) in [6.45, 7) is 0. The lowest BCUT2D eigenvalue weighted by molar-refractivity contribution is -0.132. The Morgan fingerprint density at radius 1 is 0.968 bits per heavy atom. The highest BCUT2D eigenvalue weighted by Crippen LogP contribution is 2.43. The maximum Gasteiger partial charge on any atom is 0.300 e. The first-order valence-electron chi connectivity index (χ1n) is 9.38. The van der Waals surface area contributed by atoms with Crippen molar-refractivity contribution in [2.45, 2.75) is 6.04 Å². The minimum absolute atomic E-state index is 0.0543. The molecule has 1 unspecified atom stereocenters. The number of carbonyl (C=O) groups is 2. The van der Waals surface area contributed by atoms with Crippen LogP contribution >= 0.6 is 23.2 Å². The number of aliphatic hydroxyl groups excluding tert-OH is 1. The van der Waals surface area contributed by atoms with E-state index in [1.165, 1.54) is 18.1 Å². The van der Waals surface area contributed by atoms with Crippen LogP contribution in [0.3, 0.4) is 0 Å². The molecule has 1 fully saturated rings. The van der Waals surface area contributed by atoms with Crippen LogP contribution in [0.15, 0.2) is 78.4 Å². The topological polar surface area (TPSA) is 66.8 Å². The Morgan fingerprint density at radius 2 is 1.65 bits per heavy atom. The van der Waals surface area contributed by atoms with Crippen LogP contribution in [-0.4, -0.2) is 23.9 Å². The van der Waals surface area contributed by atoms with Crippen molar-refractivity contribution in [1.82, 2.24) is 0 Å². The number of ether oxygens (including phenoxy) is 1. The number of methoxy groups -OCH3 is 1. The molecule has 0 bridgehead atoms. The Bertz CT molecular complexity index is 1190. The molecule has 5 nitrogen and oxygen atoms in total. The molecule has 1 atom stereocenters. The fourth-order valence-electron chi connectivity index (χ4n) is 3.61. The van der Waals surface area contributed by atoms with Gasteiger partial charge in [0, 0.05) is 16.3 Å². The summed E-state index contributed by atoms with van der Waals surface area (Å²) in [4.78, 5) is 27.5. The van der Waals surface area contributed by atoms with Gasteiger partial charge in [-0.1, -0.05) is 53.5 Å². The summed E-state index contributed by atoms with van der Waals surface area (Å²) < 4.78 is 5.22. The lowest BCUT2D eigenvalue weighted by Gasteiger charge is -2.25. The average Bonchev–Trinajstić information content (AvgIpc) is 3.05. The summed E-state index contributed by atoms with van der Waals surface area (Å²) >= 11 is 12.3. The largest absolute Gasteiger partial charge is 0.507 e. The fraction of sp³-hybridized carbons (Fsp3) is 0.0833. The molecule has 1 N–H and O–H groups in total. The number of aliphatic hydroxyl groups is 1. The Morgan fingerprint density at radius 3 is 2.29 bits per heavy atom. The standard InChI is InChI=1S/C24H17Cl2NO4/c1-31-17-11-12-19(26)18(13-17)22(28)20-21(14-5-3-2-4-6-14)27(24(30)23(20)29)16-9-7-15(25)8-10-16/h2-13,21,28H,1H3/b22-20+. The average molecular weight is 454 g/mol. The maximum absolute atomic E-state index is 13.1. The summed E-state index contributed by atoms with van der Waals surface area (Å²) in [6.07, 6.45) is 0. The third-order valence-corrected chi connectivity index (χ3v) is 5.67. The molecule has 156 valence electrons. The molecule has 0 saturated carbocycles. The minimum Gasteiger partial charge on any atom is -0.507 e. The number of amides is 1. The zero-order valence-corrected chi connectivity index (χ0v) is 17.9. The van der Waals surface area contributed by atoms with Crippen LogP contribution in [0, 0.1) is 0 Å². The number of halogens is 2. The van der Waals surface area contributed by atoms with Crippen molar-refractivity contribution in [3.05, 3.63) is 99.5 Å². The van der Waals surface area contributed by atoms with Crippen molar-refractivity contribution in [1.29, 1.82) is 0 Å². The third-order valence-electron chi connectivity index (χ3n) is 5.09. The number of carbonyl (C=O) groups excluding carboxylic acids is 2. The van der Waals surface area contributed by atoms with Gasteiger partial charge in [0.2, 0.25) is 0 Å². The number of nitrogens with zero attached hydrogens (tertiary/aromatic N) is 1. The van der Waals surface area contributed by atoms with Crippen molar-refractivity contribution < 1.29 is 19.4 Å². The van der Waals surface area contributed by atoms with Crippen LogP contribution in [0.25, 0.3) is 5.76 Å². The van der Waals surface area contributed by atoms with E-state index in [0.717, 1.165) is 0 Å². The van der Waals surface area contributed by atoms with Crippen LogP contribution in [0.5, 0.6) is 5.75 Å². The molecule has 1 aliphatic rings. The Balaban J connectivity index is 1.96. The van der Waals surface area contributed by atoms with Gasteiger partial charge in [0.05, 0.1) is 23.7 Å². The Hall–Kier alpha value is -3.28. The molecular formula is C24H17Cl2NO4. The predicted octanol–water partition coefficient (Wildman–Crippen LogP) is 5.63. The zero-order valence-electron chi connectivity index (χ0n) is 16.4. The number of Topliss-reactive ketones (excluding diaryl/α,β-unsaturated/α-hetero) is 1. The van der Waals surface area contributed by atoms with Gasteiger partial charge in [-0.3, -0.25) is 14.5 Å². The SMILES string of the molecule is COc1ccc(Cl)c(/C(O)=C2\C(=O)C(=O)N(c3ccc(Cl)cc3)C2c2ccccc2)c1. The van der Waals surface area contributed by atoms with Crippen LogP contribution in [0.4, 0.5) is 5.69 Å². The zero-order chi connectivity index (χ0) is 22.1. The summed E-state index contributed by atoms with van der Waals surface area (Å²) in [5, 5.41) is 11.9. The van der Waals surface area contributed by atoms with E-state index in [-0.39, 0.29) is 21.9 Å². The summed E-state index contributed by atoms with van der Waals surface area (Å²) in [7, 11) is 1.48. The third kappa shape index (κ3) is 3.78. The van der Waals surface area contributed by atoms with Crippen LogP contribution in [0.2, 0.25) is 10.0 Å². The maximum atomic E-state index is 13.1. The second kappa shape index (κ2) is 8.46. The monoisotopic (exact) mass is 453 g/mol. The van der Waals surface area contributed by atoms with Crippen LogP contribution in [0.1, 0.15) is 17.2 Å². The summed E-state index contributed by atoms with van der Waals surface area (Å²) in [6, 6.07) is 19.5. The second-order valence-electron chi connectivity index (χ2n) is 6.90. The molecule has 1 heterocycles. The molecule has 4 rings (SSSR count). The number of hydrogen-bond acceptors (Lipinski definition) is 4. The molecule has 0 aromatic heterocycles. The van der Waals surface area contributed by atoms with Gasteiger partial charge in [0.15, 0.2) is 0 Å². The van der Waals surface area contributed by atoms with Gasteiger partial charge < -0.3 is 9.84 Å². The molecule has 3 aromatic carbocycles. The predicted molar refractivity (Wildman–Crippen MR) is 121 cm³/mol. The van der Waals surface area contributed by atoms with Crippen molar-refractivity contribution in [3.8, 4) is 5.75 Å². The molecule has 31 heavy (non-hydrogen) atoms. The molecule has 3 aromatic rings. The first kappa shape index (κ1) is 21.0. The molecule has 0 aliphatic carbocycles. The Labute approximate surface area is 189 Å². The van der Waals surface area contributed by atoms with E-state index in [2.05, 4.69) is 0 Å². The van der Waals surface area contributed by atoms with E-state index >= 15 is 0 Å². The smallest absolute Gasteiger partial charge is 0.300 e. The van der Waals surface area contributed by atoms with Gasteiger partial charge in [-0.25, -0.2) is 0 Å². The highest BCUT2D eigenvalue weighted by Gasteiger charge is 2.47. The van der Waals surface area contributed by atoms with Gasteiger partial charge in [-0.05, 0) is 48.0 Å². The molecule has 1 saturated heterocycles. The summed E-state index contributed by atoms with van der Waals surface area (Å²) in [5.41, 5.74) is 1.30. The molecular weight excluding hydrogens is 437 g/mol. The van der Waals surface area contributed by atoms with E-state index in [9.17, 15) is 14.7 Å². The molecule has 1 aliphatic heterocycles. The Kier molecular flexibility index (Phi) is 5.72. The number of anilines is 1. The highest BCUT2D eigenvalue weighted by atomic mass is 35.5. The number of hydrogen-bond donors (Lipinski definition) is 1. The number of rotatable bonds is 4. The van der Waals surface area contributed by atoms with E-state index in [1.807, 2.05) is 6.07 Å². The quantitative estimate of drug-likeness (QED) is 0.315. The molecule has 1 amide bonds. The molecule has 0 spiro atoms. The van der Waals surface area contributed by atoms with E-state index < -0.39 is 17.7 Å². The molecule has 7 heteroatoms. The first-order chi connectivity index (χ1) is 14.9. The van der Waals surface area contributed by atoms with Gasteiger partial charge in [-0.2, -0.15) is 0 Å². The van der Waals surface area contributed by atoms with Crippen molar-refractivity contribution in [2.75, 3.05) is 12.0 Å². The fourth-order valence-corrected chi connectivity index (χ4v) is 3.94. The molecule has 0 radical (unpaired) electrons. The van der Waals surface area contributed by atoms with E-state index in [4.69, 9.17) is 27.9 Å².